The van der Waals surface area contributed by atoms with Gasteiger partial charge in [0.05, 0.1) is 42.6 Å². The van der Waals surface area contributed by atoms with Crippen LogP contribution >= 0.6 is 11.6 Å². The summed E-state index contributed by atoms with van der Waals surface area (Å²) in [4.78, 5) is 23.9. The van der Waals surface area contributed by atoms with E-state index >= 15 is 0 Å². The molecule has 2 aromatic rings. The third kappa shape index (κ3) is 14.6. The van der Waals surface area contributed by atoms with Crippen LogP contribution in [0.5, 0.6) is 11.5 Å². The molecule has 318 valence electrons. The molecule has 2 amide bonds. The molecule has 0 fully saturated rings. The lowest BCUT2D eigenvalue weighted by atomic mass is 9.80. The third-order valence-electron chi connectivity index (χ3n) is 9.67. The minimum atomic E-state index is -4.07. The topological polar surface area (TPSA) is 264 Å². The van der Waals surface area contributed by atoms with Crippen LogP contribution in [0, 0.1) is 29.1 Å². The van der Waals surface area contributed by atoms with Gasteiger partial charge in [0, 0.05) is 38.6 Å². The molecule has 0 saturated heterocycles. The van der Waals surface area contributed by atoms with Crippen molar-refractivity contribution in [3.63, 3.8) is 0 Å². The number of nitrogens with one attached hydrogen (secondary N) is 3. The number of benzene rings is 2. The van der Waals surface area contributed by atoms with Crippen molar-refractivity contribution in [3.05, 3.63) is 40.9 Å². The molecule has 0 bridgehead atoms. The summed E-state index contributed by atoms with van der Waals surface area (Å²) in [7, 11) is -4.51. The van der Waals surface area contributed by atoms with Gasteiger partial charge < -0.3 is 41.4 Å². The van der Waals surface area contributed by atoms with Gasteiger partial charge in [0.25, 0.3) is 0 Å². The monoisotopic (exact) mass is 848 g/mol. The number of carbonyl (C=O) groups is 2. The number of aliphatic hydroxyl groups is 1. The highest BCUT2D eigenvalue weighted by Gasteiger charge is 2.32. The second kappa shape index (κ2) is 21.5. The van der Waals surface area contributed by atoms with Crippen LogP contribution in [0.1, 0.15) is 66.4 Å². The molecule has 16 nitrogen and oxygen atoms in total. The highest BCUT2D eigenvalue weighted by Crippen LogP contribution is 2.33. The summed E-state index contributed by atoms with van der Waals surface area (Å²) in [6, 6.07) is 7.62. The van der Waals surface area contributed by atoms with Gasteiger partial charge in [-0.1, -0.05) is 45.4 Å². The summed E-state index contributed by atoms with van der Waals surface area (Å²) in [5, 5.41) is 21.4. The molecule has 3 rings (SSSR count). The first kappa shape index (κ1) is 48.9. The molecule has 0 radical (unpaired) electrons. The van der Waals surface area contributed by atoms with Crippen molar-refractivity contribution in [2.45, 2.75) is 89.2 Å². The van der Waals surface area contributed by atoms with Crippen molar-refractivity contribution < 1.29 is 45.7 Å². The van der Waals surface area contributed by atoms with Crippen LogP contribution in [0.2, 0.25) is 5.02 Å². The number of primary sulfonamides is 1. The predicted octanol–water partition coefficient (Wildman–Crippen LogP) is 2.94. The molecule has 1 heterocycles. The lowest BCUT2D eigenvalue weighted by Crippen LogP contribution is -2.46. The van der Waals surface area contributed by atoms with Crippen LogP contribution < -0.4 is 41.4 Å². The number of ether oxygens (including phenoxy) is 3. The number of primary amides is 1. The molecule has 0 aromatic heterocycles. The van der Waals surface area contributed by atoms with Gasteiger partial charge in [-0.25, -0.2) is 22.0 Å². The first-order chi connectivity index (χ1) is 25.9. The smallest absolute Gasteiger partial charge is 0.244 e. The normalized spacial score (nSPS) is 16.0. The van der Waals surface area contributed by atoms with E-state index in [2.05, 4.69) is 29.2 Å². The largest absolute Gasteiger partial charge is 0.493 e. The fourth-order valence-corrected chi connectivity index (χ4v) is 8.09. The molecule has 0 unspecified atom stereocenters. The van der Waals surface area contributed by atoms with Crippen molar-refractivity contribution in [2.24, 2.45) is 45.7 Å². The SMILES string of the molecule is COCCCOc1cc(C[C@@H](C[C@H](N)[C@@H](O)C[C@H](C(=O)NCC(C)(C)C(N)=O)C(C)C)C(C)C)ccc1OC.NS(=O)(=O)c1cc2c(cc1Cl)NCNS2(=O)=O. The lowest BCUT2D eigenvalue weighted by Gasteiger charge is -2.30. The molecule has 10 N–H and O–H groups in total. The average molecular weight is 850 g/mol. The van der Waals surface area contributed by atoms with Crippen LogP contribution in [-0.4, -0.2) is 86.5 Å². The van der Waals surface area contributed by atoms with Gasteiger partial charge in [0.2, 0.25) is 31.9 Å². The molecule has 19 heteroatoms. The Morgan fingerprint density at radius 2 is 1.70 bits per heavy atom. The minimum absolute atomic E-state index is 0.00829. The maximum Gasteiger partial charge on any atom is 0.244 e. The van der Waals surface area contributed by atoms with E-state index in [4.69, 9.17) is 42.4 Å². The number of hydrogen-bond acceptors (Lipinski definition) is 12. The second-order valence-electron chi connectivity index (χ2n) is 15.2. The summed E-state index contributed by atoms with van der Waals surface area (Å²) in [5.41, 5.74) is 12.4. The van der Waals surface area contributed by atoms with Gasteiger partial charge >= 0.3 is 0 Å². The van der Waals surface area contributed by atoms with Crippen molar-refractivity contribution in [1.29, 1.82) is 0 Å². The van der Waals surface area contributed by atoms with Gasteiger partial charge in [-0.15, -0.1) is 0 Å². The van der Waals surface area contributed by atoms with Crippen molar-refractivity contribution in [3.8, 4) is 11.5 Å². The van der Waals surface area contributed by atoms with E-state index in [0.717, 1.165) is 24.5 Å². The zero-order valence-electron chi connectivity index (χ0n) is 33.6. The minimum Gasteiger partial charge on any atom is -0.493 e. The Labute approximate surface area is 337 Å². The first-order valence-electron chi connectivity index (χ1n) is 18.3. The molecular weight excluding hydrogens is 788 g/mol. The maximum absolute atomic E-state index is 12.9. The maximum atomic E-state index is 12.9. The van der Waals surface area contributed by atoms with Crippen molar-refractivity contribution >= 4 is 49.1 Å². The van der Waals surface area contributed by atoms with Gasteiger partial charge in [-0.3, -0.25) is 9.59 Å². The van der Waals surface area contributed by atoms with Crippen LogP contribution in [-0.2, 0) is 40.8 Å². The van der Waals surface area contributed by atoms with Gasteiger partial charge in [-0.2, -0.15) is 4.72 Å². The number of amides is 2. The summed E-state index contributed by atoms with van der Waals surface area (Å²) in [5.74, 6) is 0.792. The van der Waals surface area contributed by atoms with E-state index in [1.165, 1.54) is 6.07 Å². The molecule has 56 heavy (non-hydrogen) atoms. The quantitative estimate of drug-likeness (QED) is 0.0949. The Bertz CT molecular complexity index is 1840. The molecule has 0 saturated carbocycles. The number of sulfonamides is 2. The first-order valence-corrected chi connectivity index (χ1v) is 21.8. The zero-order chi connectivity index (χ0) is 42.6. The fraction of sp³-hybridized carbons (Fsp3) is 0.622. The van der Waals surface area contributed by atoms with Crippen LogP contribution in [0.25, 0.3) is 0 Å². The summed E-state index contributed by atoms with van der Waals surface area (Å²) in [6.45, 7) is 12.9. The van der Waals surface area contributed by atoms with Crippen LogP contribution in [0.15, 0.2) is 40.1 Å². The number of fused-ring (bicyclic) bond motifs is 1. The Morgan fingerprint density at radius 1 is 1.04 bits per heavy atom. The highest BCUT2D eigenvalue weighted by atomic mass is 35.5. The number of rotatable bonds is 20. The summed E-state index contributed by atoms with van der Waals surface area (Å²) in [6.07, 6.45) is 1.56. The third-order valence-corrected chi connectivity index (χ3v) is 12.5. The number of nitrogens with two attached hydrogens (primary N) is 3. The molecule has 0 aliphatic carbocycles. The Morgan fingerprint density at radius 3 is 2.25 bits per heavy atom. The Kier molecular flexibility index (Phi) is 18.8. The molecule has 4 atom stereocenters. The number of carbonyl (C=O) groups excluding carboxylic acids is 2. The van der Waals surface area contributed by atoms with Gasteiger partial charge in [0.15, 0.2) is 11.5 Å². The van der Waals surface area contributed by atoms with Gasteiger partial charge in [-0.05, 0) is 80.7 Å². The van der Waals surface area contributed by atoms with Crippen LogP contribution in [0.4, 0.5) is 5.69 Å². The van der Waals surface area contributed by atoms with Crippen molar-refractivity contribution in [2.75, 3.05) is 46.0 Å². The summed E-state index contributed by atoms with van der Waals surface area (Å²) >= 11 is 5.72. The van der Waals surface area contributed by atoms with E-state index in [1.54, 1.807) is 28.1 Å². The zero-order valence-corrected chi connectivity index (χ0v) is 35.9. The molecule has 1 aliphatic rings. The molecule has 0 spiro atoms. The van der Waals surface area contributed by atoms with E-state index in [0.29, 0.717) is 37.1 Å². The second-order valence-corrected chi connectivity index (χ2v) is 18.9. The molecule has 2 aromatic carbocycles. The van der Waals surface area contributed by atoms with E-state index in [9.17, 15) is 31.5 Å². The fourth-order valence-electron chi connectivity index (χ4n) is 5.81. The van der Waals surface area contributed by atoms with E-state index in [1.807, 2.05) is 32.0 Å². The Hall–Kier alpha value is -3.23. The number of halogens is 1. The van der Waals surface area contributed by atoms with Gasteiger partial charge in [0.1, 0.15) is 9.79 Å². The standard InChI is InChI=1S/C30H53N3O6.C7H8ClN3O4S2/c1-19(2)22(14-21-10-11-26(38-8)27(15-21)39-13-9-12-37-7)16-24(31)25(34)17-23(20(3)4)28(35)33-18-30(5,6)29(32)36;8-4-1-5-7(2-6(4)16(9,12)13)17(14,15)11-3-10-5/h10-11,15,19-20,22-25,34H,9,12-14,16-18,31H2,1-8H3,(H2,32,36)(H,33,35);1-2,10-11H,3H2,(H2,9,12,13)/t22-,23-,24-,25-;/m0./s1. The Balaban J connectivity index is 0.000000524. The number of anilines is 1. The lowest BCUT2D eigenvalue weighted by molar-refractivity contribution is -0.130. The highest BCUT2D eigenvalue weighted by molar-refractivity contribution is 7.90. The average Bonchev–Trinajstić information content (AvgIpc) is 3.10. The molecule has 1 aliphatic heterocycles. The van der Waals surface area contributed by atoms with Crippen LogP contribution in [0.3, 0.4) is 0 Å². The molecular formula is C37H61ClN6O10S2. The predicted molar refractivity (Wildman–Crippen MR) is 216 cm³/mol. The van der Waals surface area contributed by atoms with Crippen molar-refractivity contribution in [1.82, 2.24) is 10.0 Å². The number of hydrogen-bond donors (Lipinski definition) is 7. The number of aliphatic hydroxyl groups excluding tert-OH is 1. The van der Waals surface area contributed by atoms with E-state index < -0.39 is 54.3 Å². The summed E-state index contributed by atoms with van der Waals surface area (Å²) < 4.78 is 64.4. The van der Waals surface area contributed by atoms with E-state index in [-0.39, 0.29) is 53.0 Å². The number of methoxy groups -OCH3 is 2.